The Balaban J connectivity index is 2.10. The summed E-state index contributed by atoms with van der Waals surface area (Å²) in [5.74, 6) is 0.895. The molecule has 0 atom stereocenters. The first-order chi connectivity index (χ1) is 10.3. The Morgan fingerprint density at radius 2 is 2.10 bits per heavy atom. The van der Waals surface area contributed by atoms with E-state index in [9.17, 15) is 0 Å². The van der Waals surface area contributed by atoms with Crippen LogP contribution < -0.4 is 10.6 Å². The standard InChI is InChI=1S/C16H32N4O/c1-17-16(19-11-12-20(2)13-14-21-3)18-10-9-15-7-5-4-6-8-15/h7H,4-6,8-14H2,1-3H3,(H2,17,18,19). The van der Waals surface area contributed by atoms with Gasteiger partial charge in [0.25, 0.3) is 0 Å². The van der Waals surface area contributed by atoms with E-state index in [0.717, 1.165) is 45.2 Å². The third-order valence-electron chi connectivity index (χ3n) is 3.81. The Labute approximate surface area is 129 Å². The summed E-state index contributed by atoms with van der Waals surface area (Å²) in [6.07, 6.45) is 8.79. The number of allylic oxidation sites excluding steroid dienone is 1. The van der Waals surface area contributed by atoms with Gasteiger partial charge in [0.2, 0.25) is 0 Å². The molecule has 0 heterocycles. The van der Waals surface area contributed by atoms with Crippen molar-refractivity contribution in [2.45, 2.75) is 32.1 Å². The van der Waals surface area contributed by atoms with Crippen LogP contribution in [-0.2, 0) is 4.74 Å². The summed E-state index contributed by atoms with van der Waals surface area (Å²) in [6.45, 7) is 4.57. The van der Waals surface area contributed by atoms with Gasteiger partial charge in [-0.3, -0.25) is 4.99 Å². The van der Waals surface area contributed by atoms with Crippen molar-refractivity contribution in [3.8, 4) is 0 Å². The van der Waals surface area contributed by atoms with Gasteiger partial charge in [-0.25, -0.2) is 0 Å². The highest BCUT2D eigenvalue weighted by molar-refractivity contribution is 5.79. The van der Waals surface area contributed by atoms with E-state index in [4.69, 9.17) is 4.74 Å². The lowest BCUT2D eigenvalue weighted by Gasteiger charge is -2.18. The van der Waals surface area contributed by atoms with Gasteiger partial charge in [-0.15, -0.1) is 0 Å². The molecule has 5 nitrogen and oxygen atoms in total. The fraction of sp³-hybridized carbons (Fsp3) is 0.812. The maximum Gasteiger partial charge on any atom is 0.191 e. The number of ether oxygens (including phenoxy) is 1. The SMILES string of the molecule is CN=C(NCCC1=CCCCC1)NCCN(C)CCOC. The summed E-state index contributed by atoms with van der Waals surface area (Å²) < 4.78 is 5.07. The Morgan fingerprint density at radius 3 is 2.76 bits per heavy atom. The summed E-state index contributed by atoms with van der Waals surface area (Å²) >= 11 is 0. The number of rotatable bonds is 9. The number of aliphatic imine (C=N–C) groups is 1. The molecule has 0 aromatic rings. The third-order valence-corrected chi connectivity index (χ3v) is 3.81. The second-order valence-electron chi connectivity index (χ2n) is 5.58. The zero-order valence-corrected chi connectivity index (χ0v) is 14.0. The molecule has 21 heavy (non-hydrogen) atoms. The van der Waals surface area contributed by atoms with Gasteiger partial charge in [0.05, 0.1) is 6.61 Å². The van der Waals surface area contributed by atoms with Gasteiger partial charge >= 0.3 is 0 Å². The van der Waals surface area contributed by atoms with Gasteiger partial charge in [0.1, 0.15) is 0 Å². The summed E-state index contributed by atoms with van der Waals surface area (Å²) in [6, 6.07) is 0. The van der Waals surface area contributed by atoms with Gasteiger partial charge in [-0.05, 0) is 39.2 Å². The second kappa shape index (κ2) is 11.6. The van der Waals surface area contributed by atoms with Crippen LogP contribution in [0.15, 0.2) is 16.6 Å². The highest BCUT2D eigenvalue weighted by atomic mass is 16.5. The molecule has 1 aliphatic rings. The van der Waals surface area contributed by atoms with E-state index in [1.54, 1.807) is 12.7 Å². The zero-order valence-electron chi connectivity index (χ0n) is 14.0. The first-order valence-electron chi connectivity index (χ1n) is 8.06. The molecule has 1 rings (SSSR count). The van der Waals surface area contributed by atoms with Crippen molar-refractivity contribution >= 4 is 5.96 Å². The normalized spacial score (nSPS) is 16.0. The van der Waals surface area contributed by atoms with Crippen LogP contribution in [0.4, 0.5) is 0 Å². The van der Waals surface area contributed by atoms with Gasteiger partial charge in [-0.2, -0.15) is 0 Å². The van der Waals surface area contributed by atoms with E-state index in [2.05, 4.69) is 33.6 Å². The van der Waals surface area contributed by atoms with Crippen LogP contribution in [0.3, 0.4) is 0 Å². The van der Waals surface area contributed by atoms with Crippen LogP contribution in [0.5, 0.6) is 0 Å². The van der Waals surface area contributed by atoms with E-state index >= 15 is 0 Å². The fourth-order valence-corrected chi connectivity index (χ4v) is 2.42. The van der Waals surface area contributed by atoms with Gasteiger partial charge in [0.15, 0.2) is 5.96 Å². The van der Waals surface area contributed by atoms with Crippen molar-refractivity contribution < 1.29 is 4.74 Å². The molecule has 0 amide bonds. The lowest BCUT2D eigenvalue weighted by molar-refractivity contribution is 0.162. The number of likely N-dealkylation sites (N-methyl/N-ethyl adjacent to an activating group) is 1. The number of hydrogen-bond donors (Lipinski definition) is 2. The average Bonchev–Trinajstić information content (AvgIpc) is 2.52. The van der Waals surface area contributed by atoms with Crippen molar-refractivity contribution in [1.82, 2.24) is 15.5 Å². The average molecular weight is 296 g/mol. The summed E-state index contributed by atoms with van der Waals surface area (Å²) in [5, 5.41) is 6.74. The first-order valence-corrected chi connectivity index (χ1v) is 8.06. The molecule has 122 valence electrons. The van der Waals surface area contributed by atoms with Gasteiger partial charge in [-0.1, -0.05) is 11.6 Å². The molecule has 0 spiro atoms. The molecular weight excluding hydrogens is 264 g/mol. The van der Waals surface area contributed by atoms with Crippen molar-refractivity contribution in [3.63, 3.8) is 0 Å². The highest BCUT2D eigenvalue weighted by Crippen LogP contribution is 2.19. The van der Waals surface area contributed by atoms with E-state index in [0.29, 0.717) is 0 Å². The molecule has 2 N–H and O–H groups in total. The van der Waals surface area contributed by atoms with Crippen LogP contribution in [0.2, 0.25) is 0 Å². The maximum atomic E-state index is 5.07. The van der Waals surface area contributed by atoms with Crippen LogP contribution >= 0.6 is 0 Å². The predicted molar refractivity (Wildman–Crippen MR) is 89.9 cm³/mol. The summed E-state index contributed by atoms with van der Waals surface area (Å²) in [5.41, 5.74) is 1.60. The van der Waals surface area contributed by atoms with Crippen LogP contribution in [0.25, 0.3) is 0 Å². The van der Waals surface area contributed by atoms with Crippen molar-refractivity contribution in [3.05, 3.63) is 11.6 Å². The molecular formula is C16H32N4O. The zero-order chi connectivity index (χ0) is 15.3. The smallest absolute Gasteiger partial charge is 0.191 e. The Hall–Kier alpha value is -1.07. The van der Waals surface area contributed by atoms with Crippen molar-refractivity contribution in [1.29, 1.82) is 0 Å². The summed E-state index contributed by atoms with van der Waals surface area (Å²) in [7, 11) is 5.66. The number of nitrogens with one attached hydrogen (secondary N) is 2. The molecule has 0 aromatic heterocycles. The molecule has 0 radical (unpaired) electrons. The van der Waals surface area contributed by atoms with E-state index in [-0.39, 0.29) is 0 Å². The molecule has 0 aliphatic heterocycles. The van der Waals surface area contributed by atoms with Gasteiger partial charge < -0.3 is 20.3 Å². The van der Waals surface area contributed by atoms with E-state index in [1.807, 2.05) is 7.05 Å². The molecule has 5 heteroatoms. The lowest BCUT2D eigenvalue weighted by atomic mass is 9.97. The molecule has 0 fully saturated rings. The predicted octanol–water partition coefficient (Wildman–Crippen LogP) is 1.62. The fourth-order valence-electron chi connectivity index (χ4n) is 2.42. The van der Waals surface area contributed by atoms with Gasteiger partial charge in [0, 0.05) is 40.3 Å². The van der Waals surface area contributed by atoms with E-state index < -0.39 is 0 Å². The number of nitrogens with zero attached hydrogens (tertiary/aromatic N) is 2. The van der Waals surface area contributed by atoms with Crippen molar-refractivity contribution in [2.75, 3.05) is 54.0 Å². The van der Waals surface area contributed by atoms with Crippen LogP contribution in [-0.4, -0.2) is 64.9 Å². The van der Waals surface area contributed by atoms with Crippen LogP contribution in [0.1, 0.15) is 32.1 Å². The minimum absolute atomic E-state index is 0.776. The molecule has 1 aliphatic carbocycles. The number of guanidine groups is 1. The highest BCUT2D eigenvalue weighted by Gasteiger charge is 2.04. The number of methoxy groups -OCH3 is 1. The van der Waals surface area contributed by atoms with Crippen molar-refractivity contribution in [2.24, 2.45) is 4.99 Å². The lowest BCUT2D eigenvalue weighted by Crippen LogP contribution is -2.41. The Morgan fingerprint density at radius 1 is 1.29 bits per heavy atom. The third kappa shape index (κ3) is 8.73. The van der Waals surface area contributed by atoms with E-state index in [1.165, 1.54) is 25.7 Å². The minimum Gasteiger partial charge on any atom is -0.383 e. The molecule has 0 saturated carbocycles. The largest absolute Gasteiger partial charge is 0.383 e. The quantitative estimate of drug-likeness (QED) is 0.386. The summed E-state index contributed by atoms with van der Waals surface area (Å²) in [4.78, 5) is 6.51. The monoisotopic (exact) mass is 296 g/mol. The molecule has 0 bridgehead atoms. The minimum atomic E-state index is 0.776. The maximum absolute atomic E-state index is 5.07. The molecule has 0 saturated heterocycles. The Kier molecular flexibility index (Phi) is 9.91. The molecule has 0 aromatic carbocycles. The second-order valence-corrected chi connectivity index (χ2v) is 5.58. The first kappa shape index (κ1) is 18.0. The Bertz CT molecular complexity index is 328. The molecule has 0 unspecified atom stereocenters. The number of hydrogen-bond acceptors (Lipinski definition) is 3. The topological polar surface area (TPSA) is 48.9 Å². The van der Waals surface area contributed by atoms with Crippen LogP contribution in [0, 0.1) is 0 Å².